The molecule has 154 valence electrons. The molecule has 2 aromatic carbocycles. The summed E-state index contributed by atoms with van der Waals surface area (Å²) in [6, 6.07) is 11.5. The first kappa shape index (κ1) is 23.7. The lowest BCUT2D eigenvalue weighted by molar-refractivity contribution is -0.873. The summed E-state index contributed by atoms with van der Waals surface area (Å²) in [6.45, 7) is 2.21. The number of methoxy groups -OCH3 is 1. The average Bonchev–Trinajstić information content (AvgIpc) is 2.57. The van der Waals surface area contributed by atoms with Gasteiger partial charge in [-0.3, -0.25) is 9.59 Å². The standard InChI is InChI=1S/C21H27NO5.ClH/c1-14(21(25)27-19(12-20(23)24)13-22(2,3)4)15-6-7-17-11-18(26-5)9-8-16(17)10-15;/h6-11,14,19H,12-13H2,1-5H3;1H/t14-,19+;/m0./s1. The molecule has 0 fully saturated rings. The first-order valence-electron chi connectivity index (χ1n) is 8.89. The Balaban J connectivity index is 0.00000392. The molecule has 2 atom stereocenters. The highest BCUT2D eigenvalue weighted by Gasteiger charge is 2.27. The number of rotatable bonds is 8. The fraction of sp³-hybridized carbons (Fsp3) is 0.429. The molecule has 0 radical (unpaired) electrons. The normalized spacial score (nSPS) is 13.3. The minimum atomic E-state index is -0.978. The number of aliphatic carboxylic acids is 1. The zero-order chi connectivity index (χ0) is 20.2. The average molecular weight is 410 g/mol. The van der Waals surface area contributed by atoms with E-state index < -0.39 is 24.0 Å². The van der Waals surface area contributed by atoms with Crippen LogP contribution in [0.1, 0.15) is 24.8 Å². The molecule has 7 heteroatoms. The van der Waals surface area contributed by atoms with Gasteiger partial charge >= 0.3 is 11.9 Å². The minimum Gasteiger partial charge on any atom is -1.00 e. The van der Waals surface area contributed by atoms with E-state index in [-0.39, 0.29) is 18.8 Å². The molecule has 0 aliphatic heterocycles. The van der Waals surface area contributed by atoms with E-state index in [0.717, 1.165) is 22.1 Å². The zero-order valence-corrected chi connectivity index (χ0v) is 17.7. The lowest BCUT2D eigenvalue weighted by Crippen LogP contribution is -3.00. The van der Waals surface area contributed by atoms with Gasteiger partial charge in [0, 0.05) is 0 Å². The van der Waals surface area contributed by atoms with Crippen LogP contribution in [0.15, 0.2) is 36.4 Å². The molecule has 0 saturated heterocycles. The molecule has 0 saturated carbocycles. The summed E-state index contributed by atoms with van der Waals surface area (Å²) in [7, 11) is 7.43. The van der Waals surface area contributed by atoms with Gasteiger partial charge in [0.05, 0.1) is 40.6 Å². The van der Waals surface area contributed by atoms with Crippen LogP contribution in [0.3, 0.4) is 0 Å². The summed E-state index contributed by atoms with van der Waals surface area (Å²) < 4.78 is 11.3. The van der Waals surface area contributed by atoms with E-state index in [4.69, 9.17) is 14.6 Å². The highest BCUT2D eigenvalue weighted by atomic mass is 35.5. The lowest BCUT2D eigenvalue weighted by Gasteiger charge is -2.29. The van der Waals surface area contributed by atoms with Crippen molar-refractivity contribution < 1.29 is 41.1 Å². The Kier molecular flexibility index (Phi) is 8.27. The largest absolute Gasteiger partial charge is 1.00 e. The van der Waals surface area contributed by atoms with Crippen molar-refractivity contribution in [1.29, 1.82) is 0 Å². The van der Waals surface area contributed by atoms with Gasteiger partial charge in [0.15, 0.2) is 6.10 Å². The number of carbonyl (C=O) groups excluding carboxylic acids is 1. The highest BCUT2D eigenvalue weighted by Crippen LogP contribution is 2.26. The minimum absolute atomic E-state index is 0. The van der Waals surface area contributed by atoms with Crippen molar-refractivity contribution in [3.8, 4) is 5.75 Å². The van der Waals surface area contributed by atoms with Crippen LogP contribution in [0.25, 0.3) is 10.8 Å². The number of fused-ring (bicyclic) bond motifs is 1. The molecular formula is C21H28ClNO5. The van der Waals surface area contributed by atoms with E-state index in [1.807, 2.05) is 57.5 Å². The third-order valence-electron chi connectivity index (χ3n) is 4.36. The van der Waals surface area contributed by atoms with Crippen LogP contribution < -0.4 is 17.1 Å². The van der Waals surface area contributed by atoms with Gasteiger partial charge < -0.3 is 31.5 Å². The van der Waals surface area contributed by atoms with Crippen molar-refractivity contribution in [3.05, 3.63) is 42.0 Å². The van der Waals surface area contributed by atoms with Gasteiger partial charge in [0.2, 0.25) is 0 Å². The van der Waals surface area contributed by atoms with Gasteiger partial charge in [-0.05, 0) is 35.4 Å². The second-order valence-electron chi connectivity index (χ2n) is 7.82. The molecule has 2 aromatic rings. The second-order valence-corrected chi connectivity index (χ2v) is 7.82. The molecule has 0 amide bonds. The number of quaternary nitrogens is 1. The van der Waals surface area contributed by atoms with Crippen LogP contribution in [0.2, 0.25) is 0 Å². The van der Waals surface area contributed by atoms with Crippen LogP contribution in [0.4, 0.5) is 0 Å². The van der Waals surface area contributed by atoms with Crippen molar-refractivity contribution in [2.24, 2.45) is 0 Å². The maximum Gasteiger partial charge on any atom is 0.313 e. The number of nitrogens with zero attached hydrogens (tertiary/aromatic N) is 1. The molecule has 6 nitrogen and oxygen atoms in total. The van der Waals surface area contributed by atoms with E-state index in [1.54, 1.807) is 14.0 Å². The maximum atomic E-state index is 12.6. The first-order valence-corrected chi connectivity index (χ1v) is 8.89. The molecular weight excluding hydrogens is 382 g/mol. The SMILES string of the molecule is COc1ccc2cc([C@H](C)C(=O)O[C@H](CC(=O)O)C[N+](C)(C)C)ccc2c1.[Cl-]. The van der Waals surface area contributed by atoms with Crippen molar-refractivity contribution >= 4 is 22.7 Å². The van der Waals surface area contributed by atoms with E-state index in [9.17, 15) is 9.59 Å². The third kappa shape index (κ3) is 6.69. The van der Waals surface area contributed by atoms with E-state index in [1.165, 1.54) is 0 Å². The Labute approximate surface area is 172 Å². The maximum absolute atomic E-state index is 12.6. The van der Waals surface area contributed by atoms with Crippen LogP contribution in [0.5, 0.6) is 5.75 Å². The Morgan fingerprint density at radius 1 is 1.07 bits per heavy atom. The number of likely N-dealkylation sites (N-methyl/N-ethyl adjacent to an activating group) is 1. The molecule has 0 aromatic heterocycles. The fourth-order valence-corrected chi connectivity index (χ4v) is 2.99. The highest BCUT2D eigenvalue weighted by molar-refractivity contribution is 5.87. The summed E-state index contributed by atoms with van der Waals surface area (Å²) in [5, 5.41) is 11.1. The second kappa shape index (κ2) is 9.75. The Bertz CT molecular complexity index is 831. The molecule has 2 rings (SSSR count). The van der Waals surface area contributed by atoms with Gasteiger partial charge in [0.25, 0.3) is 0 Å². The fourth-order valence-electron chi connectivity index (χ4n) is 2.99. The van der Waals surface area contributed by atoms with Crippen molar-refractivity contribution in [1.82, 2.24) is 0 Å². The number of esters is 1. The van der Waals surface area contributed by atoms with E-state index in [2.05, 4.69) is 0 Å². The summed E-state index contributed by atoms with van der Waals surface area (Å²) in [5.41, 5.74) is 0.831. The van der Waals surface area contributed by atoms with E-state index in [0.29, 0.717) is 11.0 Å². The van der Waals surface area contributed by atoms with Crippen LogP contribution >= 0.6 is 0 Å². The van der Waals surface area contributed by atoms with Gasteiger partial charge in [0.1, 0.15) is 12.3 Å². The molecule has 28 heavy (non-hydrogen) atoms. The zero-order valence-electron chi connectivity index (χ0n) is 16.9. The first-order chi connectivity index (χ1) is 12.6. The van der Waals surface area contributed by atoms with Crippen LogP contribution in [-0.4, -0.2) is 62.4 Å². The monoisotopic (exact) mass is 409 g/mol. The number of carbonyl (C=O) groups is 2. The number of hydrogen-bond acceptors (Lipinski definition) is 4. The molecule has 0 aliphatic carbocycles. The number of halogens is 1. The number of ether oxygens (including phenoxy) is 2. The topological polar surface area (TPSA) is 72.8 Å². The molecule has 0 spiro atoms. The lowest BCUT2D eigenvalue weighted by atomic mass is 9.97. The third-order valence-corrected chi connectivity index (χ3v) is 4.36. The molecule has 0 bridgehead atoms. The van der Waals surface area contributed by atoms with Crippen molar-refractivity contribution in [2.45, 2.75) is 25.4 Å². The van der Waals surface area contributed by atoms with Gasteiger partial charge in [-0.25, -0.2) is 0 Å². The summed E-state index contributed by atoms with van der Waals surface area (Å²) in [6.07, 6.45) is -0.868. The molecule has 0 aliphatic rings. The summed E-state index contributed by atoms with van der Waals surface area (Å²) in [4.78, 5) is 23.7. The van der Waals surface area contributed by atoms with Gasteiger partial charge in [-0.2, -0.15) is 0 Å². The quantitative estimate of drug-likeness (QED) is 0.492. The van der Waals surface area contributed by atoms with Crippen LogP contribution in [-0.2, 0) is 14.3 Å². The van der Waals surface area contributed by atoms with Crippen LogP contribution in [0, 0.1) is 0 Å². The van der Waals surface area contributed by atoms with E-state index >= 15 is 0 Å². The van der Waals surface area contributed by atoms with Crippen molar-refractivity contribution in [2.75, 3.05) is 34.8 Å². The van der Waals surface area contributed by atoms with Gasteiger partial charge in [-0.1, -0.05) is 24.3 Å². The summed E-state index contributed by atoms with van der Waals surface area (Å²) in [5.74, 6) is -1.10. The molecule has 0 heterocycles. The predicted molar refractivity (Wildman–Crippen MR) is 104 cm³/mol. The number of benzene rings is 2. The van der Waals surface area contributed by atoms with Gasteiger partial charge in [-0.15, -0.1) is 0 Å². The summed E-state index contributed by atoms with van der Waals surface area (Å²) >= 11 is 0. The number of carboxylic acid groups (broad SMARTS) is 1. The Hall–Kier alpha value is -2.31. The Morgan fingerprint density at radius 2 is 1.68 bits per heavy atom. The smallest absolute Gasteiger partial charge is 0.313 e. The predicted octanol–water partition coefficient (Wildman–Crippen LogP) is 0.0486. The molecule has 1 N–H and O–H groups in total. The molecule has 0 unspecified atom stereocenters. The van der Waals surface area contributed by atoms with Crippen molar-refractivity contribution in [3.63, 3.8) is 0 Å². The number of carboxylic acids is 1. The number of hydrogen-bond donors (Lipinski definition) is 1. The Morgan fingerprint density at radius 3 is 2.25 bits per heavy atom.